The first kappa shape index (κ1) is 10.0. The Labute approximate surface area is 91.6 Å². The number of carbonyl (C=O) groups is 1. The molecule has 0 aliphatic carbocycles. The molecule has 0 spiro atoms. The van der Waals surface area contributed by atoms with Crippen molar-refractivity contribution in [1.29, 1.82) is 0 Å². The van der Waals surface area contributed by atoms with Crippen molar-refractivity contribution in [3.8, 4) is 0 Å². The molecule has 6 N–H and O–H groups in total. The second kappa shape index (κ2) is 3.93. The summed E-state index contributed by atoms with van der Waals surface area (Å²) in [7, 11) is 0. The molecule has 0 bridgehead atoms. The number of H-pyrrole nitrogens is 1. The van der Waals surface area contributed by atoms with Gasteiger partial charge in [0.1, 0.15) is 5.82 Å². The number of aromatic amines is 1. The number of anilines is 3. The molecule has 2 aromatic rings. The van der Waals surface area contributed by atoms with Crippen molar-refractivity contribution in [3.05, 3.63) is 36.0 Å². The molecule has 0 unspecified atom stereocenters. The number of nitrogens with one attached hydrogen (secondary N) is 2. The fraction of sp³-hybridized carbons (Fsp3) is 0. The normalized spacial score (nSPS) is 10.0. The van der Waals surface area contributed by atoms with Crippen LogP contribution in [-0.2, 0) is 0 Å². The molecule has 1 aromatic heterocycles. The van der Waals surface area contributed by atoms with Crippen molar-refractivity contribution in [2.45, 2.75) is 0 Å². The van der Waals surface area contributed by atoms with Gasteiger partial charge in [0.15, 0.2) is 0 Å². The third kappa shape index (κ3) is 2.11. The summed E-state index contributed by atoms with van der Waals surface area (Å²) in [5.41, 5.74) is 12.5. The lowest BCUT2D eigenvalue weighted by atomic mass is 10.1. The molecule has 0 atom stereocenters. The first-order valence-electron chi connectivity index (χ1n) is 4.62. The lowest BCUT2D eigenvalue weighted by molar-refractivity contribution is 0.102. The van der Waals surface area contributed by atoms with E-state index in [1.165, 1.54) is 0 Å². The molecule has 0 aliphatic rings. The topological polar surface area (TPSA) is 110 Å². The highest BCUT2D eigenvalue weighted by Gasteiger charge is 2.07. The Morgan fingerprint density at radius 2 is 1.94 bits per heavy atom. The number of nitrogen functional groups attached to an aromatic ring is 2. The van der Waals surface area contributed by atoms with E-state index in [1.807, 2.05) is 0 Å². The molecule has 16 heavy (non-hydrogen) atoms. The smallest absolute Gasteiger partial charge is 0.256 e. The average Bonchev–Trinajstić information content (AvgIpc) is 2.68. The number of carbonyl (C=O) groups excluding carboxylic acids is 1. The van der Waals surface area contributed by atoms with Gasteiger partial charge in [0, 0.05) is 23.0 Å². The van der Waals surface area contributed by atoms with Gasteiger partial charge in [-0.25, -0.2) is 0 Å². The zero-order valence-electron chi connectivity index (χ0n) is 8.40. The number of hydrogen-bond donors (Lipinski definition) is 4. The molecule has 1 heterocycles. The number of aromatic nitrogens is 2. The van der Waals surface area contributed by atoms with E-state index in [0.717, 1.165) is 0 Å². The van der Waals surface area contributed by atoms with Crippen LogP contribution < -0.4 is 16.8 Å². The van der Waals surface area contributed by atoms with Crippen molar-refractivity contribution in [1.82, 2.24) is 10.2 Å². The predicted molar refractivity (Wildman–Crippen MR) is 61.8 cm³/mol. The van der Waals surface area contributed by atoms with Gasteiger partial charge in [-0.2, -0.15) is 5.10 Å². The second-order valence-electron chi connectivity index (χ2n) is 3.31. The summed E-state index contributed by atoms with van der Waals surface area (Å²) in [5.74, 6) is 0.231. The molecular weight excluding hydrogens is 206 g/mol. The van der Waals surface area contributed by atoms with E-state index in [2.05, 4.69) is 15.5 Å². The van der Waals surface area contributed by atoms with Crippen LogP contribution in [0, 0.1) is 0 Å². The lowest BCUT2D eigenvalue weighted by Gasteiger charge is -2.04. The van der Waals surface area contributed by atoms with Crippen LogP contribution in [0.1, 0.15) is 10.4 Å². The molecule has 6 heteroatoms. The molecule has 0 saturated carbocycles. The average molecular weight is 217 g/mol. The molecule has 82 valence electrons. The maximum Gasteiger partial charge on any atom is 0.256 e. The minimum absolute atomic E-state index is 0.289. The summed E-state index contributed by atoms with van der Waals surface area (Å²) < 4.78 is 0. The number of rotatable bonds is 2. The molecule has 0 fully saturated rings. The summed E-state index contributed by atoms with van der Waals surface area (Å²) in [6, 6.07) is 6.35. The zero-order valence-corrected chi connectivity index (χ0v) is 8.40. The molecule has 0 radical (unpaired) electrons. The number of nitrogens with two attached hydrogens (primary N) is 2. The van der Waals surface area contributed by atoms with E-state index >= 15 is 0 Å². The standard InChI is InChI=1S/C10H11N5O/c11-7-3-6(4-8(12)5-7)10(16)14-9-1-2-13-15-9/h1-5H,11-12H2,(H2,13,14,15,16). The van der Waals surface area contributed by atoms with Gasteiger partial charge in [-0.15, -0.1) is 0 Å². The quantitative estimate of drug-likeness (QED) is 0.558. The highest BCUT2D eigenvalue weighted by atomic mass is 16.1. The molecular formula is C10H11N5O. The van der Waals surface area contributed by atoms with Gasteiger partial charge < -0.3 is 16.8 Å². The molecule has 6 nitrogen and oxygen atoms in total. The maximum atomic E-state index is 11.7. The predicted octanol–water partition coefficient (Wildman–Crippen LogP) is 0.826. The van der Waals surface area contributed by atoms with Crippen molar-refractivity contribution in [2.24, 2.45) is 0 Å². The Bertz CT molecular complexity index is 486. The Balaban J connectivity index is 2.21. The third-order valence-corrected chi connectivity index (χ3v) is 1.99. The minimum Gasteiger partial charge on any atom is -0.399 e. The highest BCUT2D eigenvalue weighted by Crippen LogP contribution is 2.14. The zero-order chi connectivity index (χ0) is 11.5. The number of benzene rings is 1. The van der Waals surface area contributed by atoms with Gasteiger partial charge in [-0.1, -0.05) is 0 Å². The Kier molecular flexibility index (Phi) is 2.47. The summed E-state index contributed by atoms with van der Waals surface area (Å²) in [4.78, 5) is 11.7. The Hall–Kier alpha value is -2.50. The SMILES string of the molecule is Nc1cc(N)cc(C(=O)Nc2ccn[nH]2)c1. The van der Waals surface area contributed by atoms with E-state index in [0.29, 0.717) is 22.8 Å². The van der Waals surface area contributed by atoms with Crippen LogP contribution in [0.3, 0.4) is 0 Å². The van der Waals surface area contributed by atoms with Crippen molar-refractivity contribution < 1.29 is 4.79 Å². The fourth-order valence-corrected chi connectivity index (χ4v) is 1.33. The lowest BCUT2D eigenvalue weighted by Crippen LogP contribution is -2.13. The van der Waals surface area contributed by atoms with Gasteiger partial charge in [0.25, 0.3) is 5.91 Å². The molecule has 2 rings (SSSR count). The maximum absolute atomic E-state index is 11.7. The molecule has 0 saturated heterocycles. The van der Waals surface area contributed by atoms with Gasteiger partial charge in [0.05, 0.1) is 6.20 Å². The van der Waals surface area contributed by atoms with Crippen LogP contribution in [0.4, 0.5) is 17.2 Å². The van der Waals surface area contributed by atoms with E-state index in [-0.39, 0.29) is 5.91 Å². The van der Waals surface area contributed by atoms with Crippen LogP contribution in [-0.4, -0.2) is 16.1 Å². The van der Waals surface area contributed by atoms with Crippen molar-refractivity contribution in [3.63, 3.8) is 0 Å². The van der Waals surface area contributed by atoms with Crippen molar-refractivity contribution in [2.75, 3.05) is 16.8 Å². The monoisotopic (exact) mass is 217 g/mol. The van der Waals surface area contributed by atoms with Gasteiger partial charge in [-0.05, 0) is 18.2 Å². The number of amides is 1. The fourth-order valence-electron chi connectivity index (χ4n) is 1.33. The Morgan fingerprint density at radius 3 is 2.50 bits per heavy atom. The molecule has 1 amide bonds. The molecule has 0 aliphatic heterocycles. The number of nitrogens with zero attached hydrogens (tertiary/aromatic N) is 1. The van der Waals surface area contributed by atoms with Crippen LogP contribution >= 0.6 is 0 Å². The Morgan fingerprint density at radius 1 is 1.25 bits per heavy atom. The summed E-state index contributed by atoms with van der Waals surface area (Å²) in [6.07, 6.45) is 1.54. The van der Waals surface area contributed by atoms with E-state index in [4.69, 9.17) is 11.5 Å². The van der Waals surface area contributed by atoms with Crippen LogP contribution in [0.2, 0.25) is 0 Å². The van der Waals surface area contributed by atoms with Crippen LogP contribution in [0.25, 0.3) is 0 Å². The van der Waals surface area contributed by atoms with E-state index < -0.39 is 0 Å². The van der Waals surface area contributed by atoms with E-state index in [1.54, 1.807) is 30.5 Å². The third-order valence-electron chi connectivity index (χ3n) is 1.99. The summed E-state index contributed by atoms with van der Waals surface area (Å²) >= 11 is 0. The second-order valence-corrected chi connectivity index (χ2v) is 3.31. The first-order chi connectivity index (χ1) is 7.65. The minimum atomic E-state index is -0.289. The van der Waals surface area contributed by atoms with Gasteiger partial charge >= 0.3 is 0 Å². The highest BCUT2D eigenvalue weighted by molar-refractivity contribution is 6.04. The largest absolute Gasteiger partial charge is 0.399 e. The summed E-state index contributed by atoms with van der Waals surface area (Å²) in [6.45, 7) is 0. The number of hydrogen-bond acceptors (Lipinski definition) is 4. The van der Waals surface area contributed by atoms with Gasteiger partial charge in [-0.3, -0.25) is 9.89 Å². The van der Waals surface area contributed by atoms with Gasteiger partial charge in [0.2, 0.25) is 0 Å². The first-order valence-corrected chi connectivity index (χ1v) is 4.62. The van der Waals surface area contributed by atoms with Crippen molar-refractivity contribution >= 4 is 23.1 Å². The summed E-state index contributed by atoms with van der Waals surface area (Å²) in [5, 5.41) is 8.96. The van der Waals surface area contributed by atoms with E-state index in [9.17, 15) is 4.79 Å². The molecule has 1 aromatic carbocycles. The van der Waals surface area contributed by atoms with Crippen LogP contribution in [0.15, 0.2) is 30.5 Å². The van der Waals surface area contributed by atoms with Crippen LogP contribution in [0.5, 0.6) is 0 Å².